The van der Waals surface area contributed by atoms with E-state index >= 15 is 0 Å². The molecule has 3 rings (SSSR count). The molecule has 0 aromatic heterocycles. The molecule has 1 aromatic rings. The molecule has 2 aliphatic rings. The Morgan fingerprint density at radius 1 is 1.11 bits per heavy atom. The van der Waals surface area contributed by atoms with Crippen molar-refractivity contribution in [3.8, 4) is 0 Å². The number of hydrogen-bond donors (Lipinski definition) is 1. The van der Waals surface area contributed by atoms with E-state index in [0.717, 1.165) is 19.3 Å². The molecule has 0 saturated heterocycles. The highest BCUT2D eigenvalue weighted by Gasteiger charge is 2.56. The van der Waals surface area contributed by atoms with Gasteiger partial charge in [0.15, 0.2) is 0 Å². The fraction of sp³-hybridized carbons (Fsp3) is 0.667. The molecule has 19 heavy (non-hydrogen) atoms. The quantitative estimate of drug-likeness (QED) is 0.835. The summed E-state index contributed by atoms with van der Waals surface area (Å²) in [5.41, 5.74) is 1.40. The highest BCUT2D eigenvalue weighted by Crippen LogP contribution is 2.60. The van der Waals surface area contributed by atoms with Gasteiger partial charge in [-0.25, -0.2) is 0 Å². The highest BCUT2D eigenvalue weighted by atomic mass is 16.3. The van der Waals surface area contributed by atoms with Crippen molar-refractivity contribution in [1.29, 1.82) is 0 Å². The van der Waals surface area contributed by atoms with Crippen molar-refractivity contribution in [3.63, 3.8) is 0 Å². The molecule has 0 amide bonds. The minimum Gasteiger partial charge on any atom is -0.389 e. The van der Waals surface area contributed by atoms with E-state index < -0.39 is 5.60 Å². The summed E-state index contributed by atoms with van der Waals surface area (Å²) >= 11 is 0. The van der Waals surface area contributed by atoms with Gasteiger partial charge in [-0.3, -0.25) is 0 Å². The maximum Gasteiger partial charge on any atom is 0.0707 e. The summed E-state index contributed by atoms with van der Waals surface area (Å²) in [4.78, 5) is 0. The van der Waals surface area contributed by atoms with Crippen molar-refractivity contribution >= 4 is 0 Å². The predicted molar refractivity (Wildman–Crippen MR) is 79.0 cm³/mol. The minimum atomic E-state index is -0.421. The van der Waals surface area contributed by atoms with Gasteiger partial charge in [0.05, 0.1) is 5.60 Å². The Morgan fingerprint density at radius 3 is 2.42 bits per heavy atom. The van der Waals surface area contributed by atoms with Gasteiger partial charge < -0.3 is 5.11 Å². The smallest absolute Gasteiger partial charge is 0.0707 e. The summed E-state index contributed by atoms with van der Waals surface area (Å²) in [5, 5.41) is 11.1. The molecule has 2 saturated carbocycles. The van der Waals surface area contributed by atoms with Crippen LogP contribution >= 0.6 is 0 Å². The zero-order valence-corrected chi connectivity index (χ0v) is 12.4. The molecule has 1 heteroatoms. The fourth-order valence-electron chi connectivity index (χ4n) is 4.26. The van der Waals surface area contributed by atoms with Crippen molar-refractivity contribution in [3.05, 3.63) is 35.9 Å². The van der Waals surface area contributed by atoms with Crippen LogP contribution in [0.15, 0.2) is 30.3 Å². The zero-order chi connectivity index (χ0) is 13.7. The van der Waals surface area contributed by atoms with Crippen LogP contribution in [0.3, 0.4) is 0 Å². The van der Waals surface area contributed by atoms with Gasteiger partial charge in [-0.2, -0.15) is 0 Å². The second-order valence-corrected chi connectivity index (χ2v) is 7.62. The first kappa shape index (κ1) is 13.2. The summed E-state index contributed by atoms with van der Waals surface area (Å²) in [6.07, 6.45) is 4.47. The van der Waals surface area contributed by atoms with Crippen LogP contribution in [0.2, 0.25) is 0 Å². The lowest BCUT2D eigenvalue weighted by Crippen LogP contribution is -2.46. The summed E-state index contributed by atoms with van der Waals surface area (Å²) in [6, 6.07) is 10.7. The summed E-state index contributed by atoms with van der Waals surface area (Å²) in [7, 11) is 0. The van der Waals surface area contributed by atoms with E-state index in [-0.39, 0.29) is 0 Å². The zero-order valence-electron chi connectivity index (χ0n) is 12.4. The van der Waals surface area contributed by atoms with Crippen LogP contribution in [-0.4, -0.2) is 10.7 Å². The SMILES string of the molecule is CC1CC(C)(C)CCC1(O)C1CC1c1ccccc1. The Labute approximate surface area is 117 Å². The fourth-order valence-corrected chi connectivity index (χ4v) is 4.26. The second kappa shape index (κ2) is 4.34. The molecular weight excluding hydrogens is 232 g/mol. The Hall–Kier alpha value is -0.820. The average Bonchev–Trinajstić information content (AvgIpc) is 3.16. The Morgan fingerprint density at radius 2 is 1.79 bits per heavy atom. The van der Waals surface area contributed by atoms with E-state index in [0.29, 0.717) is 23.2 Å². The molecular formula is C18H26O. The molecule has 4 atom stereocenters. The van der Waals surface area contributed by atoms with Crippen LogP contribution in [0.1, 0.15) is 57.9 Å². The van der Waals surface area contributed by atoms with Gasteiger partial charge in [-0.15, -0.1) is 0 Å². The Bertz CT molecular complexity index is 450. The molecule has 0 heterocycles. The molecule has 0 spiro atoms. The first-order valence-corrected chi connectivity index (χ1v) is 7.70. The van der Waals surface area contributed by atoms with E-state index in [1.165, 1.54) is 12.0 Å². The lowest BCUT2D eigenvalue weighted by Gasteiger charge is -2.46. The standard InChI is InChI=1S/C18H26O/c1-13-12-17(2,3)9-10-18(13,19)16-11-15(16)14-7-5-4-6-8-14/h4-8,13,15-16,19H,9-12H2,1-3H3. The second-order valence-electron chi connectivity index (χ2n) is 7.62. The third-order valence-electron chi connectivity index (χ3n) is 5.57. The lowest BCUT2D eigenvalue weighted by atomic mass is 9.63. The highest BCUT2D eigenvalue weighted by molar-refractivity contribution is 5.28. The third kappa shape index (κ3) is 2.33. The van der Waals surface area contributed by atoms with Crippen LogP contribution in [0.5, 0.6) is 0 Å². The predicted octanol–water partition coefficient (Wildman–Crippen LogP) is 4.37. The summed E-state index contributed by atoms with van der Waals surface area (Å²) in [5.74, 6) is 1.51. The van der Waals surface area contributed by atoms with E-state index in [9.17, 15) is 5.11 Å². The molecule has 0 radical (unpaired) electrons. The molecule has 0 bridgehead atoms. The maximum atomic E-state index is 11.1. The Balaban J connectivity index is 1.74. The number of rotatable bonds is 2. The molecule has 2 fully saturated rings. The third-order valence-corrected chi connectivity index (χ3v) is 5.57. The number of hydrogen-bond acceptors (Lipinski definition) is 1. The largest absolute Gasteiger partial charge is 0.389 e. The van der Waals surface area contributed by atoms with Gasteiger partial charge in [0.1, 0.15) is 0 Å². The molecule has 1 N–H and O–H groups in total. The molecule has 1 aromatic carbocycles. The summed E-state index contributed by atoms with van der Waals surface area (Å²) in [6.45, 7) is 6.93. The lowest BCUT2D eigenvalue weighted by molar-refractivity contribution is -0.0886. The van der Waals surface area contributed by atoms with Crippen molar-refractivity contribution < 1.29 is 5.11 Å². The van der Waals surface area contributed by atoms with E-state index in [2.05, 4.69) is 51.1 Å². The van der Waals surface area contributed by atoms with Crippen molar-refractivity contribution in [2.24, 2.45) is 17.3 Å². The van der Waals surface area contributed by atoms with Gasteiger partial charge in [-0.05, 0) is 54.4 Å². The molecule has 2 aliphatic carbocycles. The monoisotopic (exact) mass is 258 g/mol. The molecule has 4 unspecified atom stereocenters. The first-order valence-electron chi connectivity index (χ1n) is 7.70. The summed E-state index contributed by atoms with van der Waals surface area (Å²) < 4.78 is 0. The number of aliphatic hydroxyl groups is 1. The molecule has 0 aliphatic heterocycles. The average molecular weight is 258 g/mol. The normalized spacial score (nSPS) is 40.9. The van der Waals surface area contributed by atoms with E-state index in [1.54, 1.807) is 0 Å². The molecule has 104 valence electrons. The van der Waals surface area contributed by atoms with Gasteiger partial charge >= 0.3 is 0 Å². The van der Waals surface area contributed by atoms with Crippen LogP contribution in [0.4, 0.5) is 0 Å². The van der Waals surface area contributed by atoms with Gasteiger partial charge in [0, 0.05) is 0 Å². The van der Waals surface area contributed by atoms with Crippen LogP contribution in [0.25, 0.3) is 0 Å². The maximum absolute atomic E-state index is 11.1. The Kier molecular flexibility index (Phi) is 3.01. The van der Waals surface area contributed by atoms with Crippen molar-refractivity contribution in [2.75, 3.05) is 0 Å². The van der Waals surface area contributed by atoms with Gasteiger partial charge in [0.2, 0.25) is 0 Å². The van der Waals surface area contributed by atoms with Gasteiger partial charge in [0.25, 0.3) is 0 Å². The van der Waals surface area contributed by atoms with Crippen molar-refractivity contribution in [2.45, 2.75) is 58.0 Å². The van der Waals surface area contributed by atoms with E-state index in [1.807, 2.05) is 0 Å². The first-order chi connectivity index (χ1) is 8.92. The van der Waals surface area contributed by atoms with E-state index in [4.69, 9.17) is 0 Å². The van der Waals surface area contributed by atoms with Crippen LogP contribution in [0, 0.1) is 17.3 Å². The van der Waals surface area contributed by atoms with Crippen molar-refractivity contribution in [1.82, 2.24) is 0 Å². The van der Waals surface area contributed by atoms with Crippen LogP contribution in [-0.2, 0) is 0 Å². The minimum absolute atomic E-state index is 0.406. The molecule has 1 nitrogen and oxygen atoms in total. The van der Waals surface area contributed by atoms with Gasteiger partial charge in [-0.1, -0.05) is 51.1 Å². The topological polar surface area (TPSA) is 20.2 Å². The van der Waals surface area contributed by atoms with Crippen LogP contribution < -0.4 is 0 Å². The number of benzene rings is 1.